The number of rotatable bonds is 11. The first kappa shape index (κ1) is 17.1. The zero-order valence-electron chi connectivity index (χ0n) is 11.3. The summed E-state index contributed by atoms with van der Waals surface area (Å²) in [6.07, 6.45) is 5.97. The van der Waals surface area contributed by atoms with Crippen molar-refractivity contribution in [2.75, 3.05) is 19.8 Å². The van der Waals surface area contributed by atoms with E-state index >= 15 is 0 Å². The molecule has 0 saturated heterocycles. The molecular formula is C12H25NO3Sn. The van der Waals surface area contributed by atoms with Gasteiger partial charge in [-0.1, -0.05) is 0 Å². The Morgan fingerprint density at radius 1 is 1.12 bits per heavy atom. The molecule has 0 aromatic heterocycles. The monoisotopic (exact) mass is 351 g/mol. The second kappa shape index (κ2) is 11.2. The Hall–Kier alpha value is 0.0987. The zero-order chi connectivity index (χ0) is 13.0. The molecule has 0 spiro atoms. The Bertz CT molecular complexity index is 220. The van der Waals surface area contributed by atoms with Gasteiger partial charge in [0.05, 0.1) is 0 Å². The van der Waals surface area contributed by atoms with Gasteiger partial charge in [-0.3, -0.25) is 0 Å². The quantitative estimate of drug-likeness (QED) is 0.249. The molecule has 0 heterocycles. The minimum atomic E-state index is -2.91. The molecule has 100 valence electrons. The van der Waals surface area contributed by atoms with E-state index in [0.29, 0.717) is 6.54 Å². The molecule has 0 aromatic rings. The Morgan fingerprint density at radius 3 is 2.06 bits per heavy atom. The first-order valence-corrected chi connectivity index (χ1v) is 13.7. The fourth-order valence-electron chi connectivity index (χ4n) is 1.36. The molecular weight excluding hydrogens is 325 g/mol. The fraction of sp³-hybridized carbons (Fsp3) is 0.917. The van der Waals surface area contributed by atoms with Crippen molar-refractivity contribution >= 4 is 25.3 Å². The van der Waals surface area contributed by atoms with Gasteiger partial charge in [-0.2, -0.15) is 0 Å². The third kappa shape index (κ3) is 9.77. The van der Waals surface area contributed by atoms with Gasteiger partial charge < -0.3 is 0 Å². The van der Waals surface area contributed by atoms with Crippen LogP contribution in [0.1, 0.15) is 39.5 Å². The predicted molar refractivity (Wildman–Crippen MR) is 71.1 cm³/mol. The van der Waals surface area contributed by atoms with Crippen molar-refractivity contribution in [3.63, 3.8) is 0 Å². The van der Waals surface area contributed by atoms with E-state index in [1.807, 2.05) is 0 Å². The van der Waals surface area contributed by atoms with E-state index in [1.54, 1.807) is 6.08 Å². The third-order valence-corrected chi connectivity index (χ3v) is 10.4. The number of unbranched alkanes of at least 4 members (excludes halogenated alkanes) is 2. The SMILES string of the molecule is CCCC[O][Sn]([CH3])([CH2]CN=C=O)[O]CCCC. The summed E-state index contributed by atoms with van der Waals surface area (Å²) in [5.41, 5.74) is 0. The number of aliphatic imine (C=N–C) groups is 1. The topological polar surface area (TPSA) is 47.9 Å². The van der Waals surface area contributed by atoms with Crippen molar-refractivity contribution < 1.29 is 10.9 Å². The maximum absolute atomic E-state index is 10.1. The number of hydrogen-bond acceptors (Lipinski definition) is 4. The second-order valence-electron chi connectivity index (χ2n) is 4.26. The standard InChI is InChI=1S/2C4H9O.C3H4NO.CH3.Sn/c2*1-2-3-4-5;1-2-4-3-5;;/h2*2-4H2,1H3;1-2H2;1H3;/q2*-1;;;+2. The molecule has 0 rings (SSSR count). The molecule has 0 N–H and O–H groups in total. The van der Waals surface area contributed by atoms with E-state index in [1.165, 1.54) is 0 Å². The van der Waals surface area contributed by atoms with Crippen molar-refractivity contribution in [2.24, 2.45) is 4.99 Å². The molecule has 4 nitrogen and oxygen atoms in total. The molecule has 0 saturated carbocycles. The van der Waals surface area contributed by atoms with Gasteiger partial charge in [0.25, 0.3) is 0 Å². The third-order valence-electron chi connectivity index (χ3n) is 2.55. The van der Waals surface area contributed by atoms with Gasteiger partial charge >= 0.3 is 110 Å². The van der Waals surface area contributed by atoms with E-state index in [0.717, 1.165) is 43.3 Å². The van der Waals surface area contributed by atoms with Crippen molar-refractivity contribution in [1.29, 1.82) is 0 Å². The Labute approximate surface area is 110 Å². The number of carbonyl (C=O) groups excluding carboxylic acids is 1. The molecule has 0 radical (unpaired) electrons. The molecule has 0 unspecified atom stereocenters. The first-order chi connectivity index (χ1) is 8.18. The minimum absolute atomic E-state index is 0.494. The van der Waals surface area contributed by atoms with Gasteiger partial charge in [-0.15, -0.1) is 0 Å². The van der Waals surface area contributed by atoms with Gasteiger partial charge in [-0.05, 0) is 0 Å². The van der Waals surface area contributed by atoms with Gasteiger partial charge in [0.2, 0.25) is 0 Å². The summed E-state index contributed by atoms with van der Waals surface area (Å²) in [6, 6.07) is 0. The van der Waals surface area contributed by atoms with E-state index in [4.69, 9.17) is 6.15 Å². The molecule has 17 heavy (non-hydrogen) atoms. The normalized spacial score (nSPS) is 11.2. The summed E-state index contributed by atoms with van der Waals surface area (Å²) >= 11 is -2.91. The van der Waals surface area contributed by atoms with Crippen molar-refractivity contribution in [3.05, 3.63) is 0 Å². The van der Waals surface area contributed by atoms with E-state index in [-0.39, 0.29) is 0 Å². The van der Waals surface area contributed by atoms with Crippen molar-refractivity contribution in [1.82, 2.24) is 0 Å². The molecule has 0 aromatic carbocycles. The maximum atomic E-state index is 10.1. The molecule has 0 fully saturated rings. The number of nitrogens with zero attached hydrogens (tertiary/aromatic N) is 1. The summed E-state index contributed by atoms with van der Waals surface area (Å²) < 4.78 is 12.7. The van der Waals surface area contributed by atoms with Crippen LogP contribution in [0, 0.1) is 0 Å². The van der Waals surface area contributed by atoms with Gasteiger partial charge in [0.1, 0.15) is 0 Å². The van der Waals surface area contributed by atoms with Crippen LogP contribution in [0.2, 0.25) is 9.38 Å². The predicted octanol–water partition coefficient (Wildman–Crippen LogP) is 3.03. The van der Waals surface area contributed by atoms with Crippen LogP contribution in [-0.4, -0.2) is 45.0 Å². The van der Waals surface area contributed by atoms with E-state index < -0.39 is 19.2 Å². The van der Waals surface area contributed by atoms with Crippen LogP contribution in [0.25, 0.3) is 0 Å². The molecule has 0 atom stereocenters. The van der Waals surface area contributed by atoms with E-state index in [9.17, 15) is 4.79 Å². The molecule has 0 amide bonds. The van der Waals surface area contributed by atoms with Crippen LogP contribution in [0.5, 0.6) is 0 Å². The molecule has 0 aliphatic heterocycles. The first-order valence-electron chi connectivity index (χ1n) is 6.50. The Balaban J connectivity index is 4.07. The summed E-state index contributed by atoms with van der Waals surface area (Å²) in [5.74, 6) is 0. The average molecular weight is 350 g/mol. The van der Waals surface area contributed by atoms with Crippen LogP contribution in [0.4, 0.5) is 0 Å². The Kier molecular flexibility index (Phi) is 11.3. The van der Waals surface area contributed by atoms with Crippen molar-refractivity contribution in [3.8, 4) is 0 Å². The van der Waals surface area contributed by atoms with Gasteiger partial charge in [0.15, 0.2) is 0 Å². The Morgan fingerprint density at radius 2 is 1.65 bits per heavy atom. The average Bonchev–Trinajstić information content (AvgIpc) is 2.30. The van der Waals surface area contributed by atoms with Crippen LogP contribution in [0.3, 0.4) is 0 Å². The number of hydrogen-bond donors (Lipinski definition) is 0. The van der Waals surface area contributed by atoms with Gasteiger partial charge in [-0.25, -0.2) is 0 Å². The number of isocyanates is 1. The van der Waals surface area contributed by atoms with Crippen LogP contribution in [-0.2, 0) is 10.9 Å². The molecule has 0 aliphatic rings. The molecule has 5 heteroatoms. The van der Waals surface area contributed by atoms with Gasteiger partial charge in [0, 0.05) is 0 Å². The molecule has 0 bridgehead atoms. The van der Waals surface area contributed by atoms with Crippen molar-refractivity contribution in [2.45, 2.75) is 48.9 Å². The van der Waals surface area contributed by atoms with E-state index in [2.05, 4.69) is 23.8 Å². The summed E-state index contributed by atoms with van der Waals surface area (Å²) in [7, 11) is 0. The molecule has 0 aliphatic carbocycles. The zero-order valence-corrected chi connectivity index (χ0v) is 14.2. The fourth-order valence-corrected chi connectivity index (χ4v) is 7.18. The summed E-state index contributed by atoms with van der Waals surface area (Å²) in [6.45, 7) is 6.34. The summed E-state index contributed by atoms with van der Waals surface area (Å²) in [5, 5.41) is 0. The van der Waals surface area contributed by atoms with Crippen LogP contribution < -0.4 is 0 Å². The van der Waals surface area contributed by atoms with Crippen LogP contribution in [0.15, 0.2) is 4.99 Å². The summed E-state index contributed by atoms with van der Waals surface area (Å²) in [4.78, 5) is 15.8. The van der Waals surface area contributed by atoms with Crippen LogP contribution >= 0.6 is 0 Å². The second-order valence-corrected chi connectivity index (χ2v) is 13.8.